The van der Waals surface area contributed by atoms with E-state index in [1.165, 1.54) is 0 Å². The van der Waals surface area contributed by atoms with E-state index in [4.69, 9.17) is 4.74 Å². The Morgan fingerprint density at radius 3 is 2.55 bits per heavy atom. The van der Waals surface area contributed by atoms with Crippen LogP contribution < -0.4 is 14.8 Å². The topological polar surface area (TPSA) is 67.4 Å². The summed E-state index contributed by atoms with van der Waals surface area (Å²) in [5, 5.41) is 3.34. The van der Waals surface area contributed by atoms with Crippen LogP contribution in [0.15, 0.2) is 23.1 Å². The quantitative estimate of drug-likeness (QED) is 0.791. The van der Waals surface area contributed by atoms with Crippen LogP contribution in [0.5, 0.6) is 5.75 Å². The second kappa shape index (κ2) is 7.03. The number of fused-ring (bicyclic) bond motifs is 2. The summed E-state index contributed by atoms with van der Waals surface area (Å²) in [5.74, 6) is 0.860. The van der Waals surface area contributed by atoms with Gasteiger partial charge in [0.05, 0.1) is 10.6 Å². The summed E-state index contributed by atoms with van der Waals surface area (Å²) >= 11 is 0. The fourth-order valence-electron chi connectivity index (χ4n) is 4.57. The molecule has 2 aliphatic rings. The summed E-state index contributed by atoms with van der Waals surface area (Å²) in [5.41, 5.74) is 6.20. The maximum absolute atomic E-state index is 13.5. The van der Waals surface area contributed by atoms with Gasteiger partial charge in [0.25, 0.3) is 10.0 Å². The van der Waals surface area contributed by atoms with Gasteiger partial charge in [0.2, 0.25) is 0 Å². The number of hydrogen-bond donors (Lipinski definition) is 2. The van der Waals surface area contributed by atoms with Gasteiger partial charge in [-0.15, -0.1) is 0 Å². The Morgan fingerprint density at radius 2 is 1.79 bits per heavy atom. The summed E-state index contributed by atoms with van der Waals surface area (Å²) in [4.78, 5) is 0.392. The van der Waals surface area contributed by atoms with Crippen LogP contribution in [-0.2, 0) is 29.4 Å². The number of benzene rings is 2. The highest BCUT2D eigenvalue weighted by atomic mass is 32.2. The van der Waals surface area contributed by atoms with Crippen molar-refractivity contribution < 1.29 is 13.2 Å². The van der Waals surface area contributed by atoms with Crippen molar-refractivity contribution in [3.8, 4) is 5.75 Å². The Labute approximate surface area is 173 Å². The lowest BCUT2D eigenvalue weighted by atomic mass is 9.88. The molecule has 2 aromatic rings. The number of rotatable bonds is 3. The minimum atomic E-state index is -3.72. The van der Waals surface area contributed by atoms with E-state index < -0.39 is 10.0 Å². The summed E-state index contributed by atoms with van der Waals surface area (Å²) in [7, 11) is -3.72. The monoisotopic (exact) mass is 414 g/mol. The fraction of sp³-hybridized carbons (Fsp3) is 0.478. The molecule has 156 valence electrons. The molecule has 0 radical (unpaired) electrons. The SMILES string of the molecule is Cc1c(C)c(S(=O)(=O)Nc2cccc3c2CCNC3)c(C)c2c1OC(C)(C)CC2. The molecule has 2 aromatic carbocycles. The van der Waals surface area contributed by atoms with Gasteiger partial charge in [-0.2, -0.15) is 0 Å². The second-order valence-corrected chi connectivity index (χ2v) is 10.5. The number of nitrogens with one attached hydrogen (secondary N) is 2. The standard InChI is InChI=1S/C23H30N2O3S/c1-14-15(2)22(16(3)18-9-11-23(4,5)28-21(14)18)29(26,27)25-20-8-6-7-17-13-24-12-10-19(17)20/h6-8,24-25H,9-13H2,1-5H3. The van der Waals surface area contributed by atoms with Crippen molar-refractivity contribution in [2.45, 2.75) is 70.9 Å². The van der Waals surface area contributed by atoms with E-state index in [1.54, 1.807) is 0 Å². The third-order valence-corrected chi connectivity index (χ3v) is 7.96. The van der Waals surface area contributed by atoms with Crippen LogP contribution in [0.2, 0.25) is 0 Å². The molecule has 0 bridgehead atoms. The molecule has 0 saturated heterocycles. The average molecular weight is 415 g/mol. The van der Waals surface area contributed by atoms with Crippen molar-refractivity contribution in [3.63, 3.8) is 0 Å². The van der Waals surface area contributed by atoms with E-state index in [0.717, 1.165) is 71.5 Å². The van der Waals surface area contributed by atoms with Crippen molar-refractivity contribution >= 4 is 15.7 Å². The van der Waals surface area contributed by atoms with E-state index in [9.17, 15) is 8.42 Å². The summed E-state index contributed by atoms with van der Waals surface area (Å²) in [6, 6.07) is 5.83. The van der Waals surface area contributed by atoms with E-state index in [0.29, 0.717) is 10.6 Å². The lowest BCUT2D eigenvalue weighted by molar-refractivity contribution is 0.0832. The molecule has 6 heteroatoms. The van der Waals surface area contributed by atoms with Gasteiger partial charge in [0.1, 0.15) is 11.4 Å². The Hall–Kier alpha value is -2.05. The summed E-state index contributed by atoms with van der Waals surface area (Å²) in [6.45, 7) is 11.5. The first-order valence-electron chi connectivity index (χ1n) is 10.3. The Bertz CT molecular complexity index is 1090. The van der Waals surface area contributed by atoms with Gasteiger partial charge in [-0.1, -0.05) is 12.1 Å². The zero-order valence-electron chi connectivity index (χ0n) is 17.9. The van der Waals surface area contributed by atoms with Crippen LogP contribution in [0.25, 0.3) is 0 Å². The van der Waals surface area contributed by atoms with Crippen molar-refractivity contribution in [3.05, 3.63) is 51.6 Å². The van der Waals surface area contributed by atoms with E-state index in [-0.39, 0.29) is 5.60 Å². The van der Waals surface area contributed by atoms with Gasteiger partial charge in [-0.25, -0.2) is 8.42 Å². The van der Waals surface area contributed by atoms with Crippen molar-refractivity contribution in [2.75, 3.05) is 11.3 Å². The lowest BCUT2D eigenvalue weighted by Crippen LogP contribution is -2.34. The largest absolute Gasteiger partial charge is 0.487 e. The first-order valence-corrected chi connectivity index (χ1v) is 11.7. The van der Waals surface area contributed by atoms with E-state index in [2.05, 4.69) is 30.0 Å². The molecule has 0 aromatic heterocycles. The number of ether oxygens (including phenoxy) is 1. The van der Waals surface area contributed by atoms with E-state index in [1.807, 2.05) is 32.9 Å². The van der Waals surface area contributed by atoms with Gasteiger partial charge >= 0.3 is 0 Å². The fourth-order valence-corrected chi connectivity index (χ4v) is 6.24. The summed E-state index contributed by atoms with van der Waals surface area (Å²) in [6.07, 6.45) is 2.51. The molecule has 0 fully saturated rings. The van der Waals surface area contributed by atoms with Gasteiger partial charge in [-0.05, 0) is 99.9 Å². The Balaban J connectivity index is 1.80. The average Bonchev–Trinajstić information content (AvgIpc) is 2.65. The molecule has 2 N–H and O–H groups in total. The number of sulfonamides is 1. The predicted octanol–water partition coefficient (Wildman–Crippen LogP) is 4.16. The molecule has 2 aliphatic heterocycles. The third kappa shape index (κ3) is 3.53. The van der Waals surface area contributed by atoms with Crippen molar-refractivity contribution in [1.82, 2.24) is 5.32 Å². The highest BCUT2D eigenvalue weighted by molar-refractivity contribution is 7.92. The highest BCUT2D eigenvalue weighted by Gasteiger charge is 2.33. The normalized spacial score (nSPS) is 17.8. The molecule has 0 aliphatic carbocycles. The molecule has 5 nitrogen and oxygen atoms in total. The van der Waals surface area contributed by atoms with Crippen molar-refractivity contribution in [1.29, 1.82) is 0 Å². The minimum absolute atomic E-state index is 0.230. The Morgan fingerprint density at radius 1 is 1.03 bits per heavy atom. The molecule has 0 unspecified atom stereocenters. The van der Waals surface area contributed by atoms with Gasteiger partial charge < -0.3 is 10.1 Å². The molecular formula is C23H30N2O3S. The first kappa shape index (κ1) is 20.2. The second-order valence-electron chi connectivity index (χ2n) is 8.85. The van der Waals surface area contributed by atoms with Crippen LogP contribution in [-0.4, -0.2) is 20.6 Å². The van der Waals surface area contributed by atoms with Crippen LogP contribution in [0.4, 0.5) is 5.69 Å². The molecule has 0 atom stereocenters. The number of anilines is 1. The zero-order chi connectivity index (χ0) is 21.0. The maximum atomic E-state index is 13.5. The molecule has 4 rings (SSSR count). The van der Waals surface area contributed by atoms with E-state index >= 15 is 0 Å². The molecule has 0 saturated carbocycles. The molecule has 2 heterocycles. The third-order valence-electron chi connectivity index (χ3n) is 6.32. The maximum Gasteiger partial charge on any atom is 0.262 e. The van der Waals surface area contributed by atoms with Crippen LogP contribution in [0.1, 0.15) is 53.6 Å². The zero-order valence-corrected chi connectivity index (χ0v) is 18.7. The molecule has 0 spiro atoms. The molecular weight excluding hydrogens is 384 g/mol. The Kier molecular flexibility index (Phi) is 4.90. The first-order chi connectivity index (χ1) is 13.6. The minimum Gasteiger partial charge on any atom is -0.487 e. The van der Waals surface area contributed by atoms with Crippen LogP contribution in [0, 0.1) is 20.8 Å². The predicted molar refractivity (Wildman–Crippen MR) is 116 cm³/mol. The smallest absolute Gasteiger partial charge is 0.262 e. The van der Waals surface area contributed by atoms with Crippen LogP contribution in [0.3, 0.4) is 0 Å². The summed E-state index contributed by atoms with van der Waals surface area (Å²) < 4.78 is 36.2. The van der Waals surface area contributed by atoms with Gasteiger partial charge in [-0.3, -0.25) is 4.72 Å². The van der Waals surface area contributed by atoms with Gasteiger partial charge in [0, 0.05) is 6.54 Å². The van der Waals surface area contributed by atoms with Crippen molar-refractivity contribution in [2.24, 2.45) is 0 Å². The molecule has 29 heavy (non-hydrogen) atoms. The van der Waals surface area contributed by atoms with Crippen LogP contribution >= 0.6 is 0 Å². The number of hydrogen-bond acceptors (Lipinski definition) is 4. The van der Waals surface area contributed by atoms with Gasteiger partial charge in [0.15, 0.2) is 0 Å². The molecule has 0 amide bonds. The lowest BCUT2D eigenvalue weighted by Gasteiger charge is -2.35. The highest BCUT2D eigenvalue weighted by Crippen LogP contribution is 2.42.